The van der Waals surface area contributed by atoms with Crippen LogP contribution in [0.4, 0.5) is 13.2 Å². The molecule has 0 aromatic heterocycles. The molecule has 1 amide bonds. The highest BCUT2D eigenvalue weighted by Gasteiger charge is 2.38. The summed E-state index contributed by atoms with van der Waals surface area (Å²) in [5.74, 6) is -2.22. The van der Waals surface area contributed by atoms with E-state index >= 15 is 0 Å². The summed E-state index contributed by atoms with van der Waals surface area (Å²) < 4.78 is 50.5. The Labute approximate surface area is 155 Å². The summed E-state index contributed by atoms with van der Waals surface area (Å²) in [7, 11) is -1.45. The predicted molar refractivity (Wildman–Crippen MR) is 94.0 cm³/mol. The number of nitrogens with zero attached hydrogens (tertiary/aromatic N) is 2. The zero-order chi connectivity index (χ0) is 20.3. The highest BCUT2D eigenvalue weighted by Crippen LogP contribution is 2.46. The van der Waals surface area contributed by atoms with Crippen LogP contribution >= 0.6 is 8.53 Å². The molecule has 0 aromatic carbocycles. The van der Waals surface area contributed by atoms with Crippen LogP contribution in [0.3, 0.4) is 0 Å². The summed E-state index contributed by atoms with van der Waals surface area (Å²) in [6, 6.07) is 2.27. The Hall–Kier alpha value is -0.940. The van der Waals surface area contributed by atoms with E-state index in [4.69, 9.17) is 14.3 Å². The van der Waals surface area contributed by atoms with Crippen molar-refractivity contribution in [3.05, 3.63) is 0 Å². The maximum atomic E-state index is 12.3. The lowest BCUT2D eigenvalue weighted by molar-refractivity contribution is -0.173. The molecule has 6 nitrogen and oxygen atoms in total. The van der Waals surface area contributed by atoms with Gasteiger partial charge in [0.05, 0.1) is 25.7 Å². The lowest BCUT2D eigenvalue weighted by atomic mass is 10.1. The second-order valence-electron chi connectivity index (χ2n) is 6.32. The molecule has 0 fully saturated rings. The molecule has 0 radical (unpaired) electrons. The second-order valence-corrected chi connectivity index (χ2v) is 7.78. The number of halogens is 3. The molecule has 2 unspecified atom stereocenters. The van der Waals surface area contributed by atoms with Crippen molar-refractivity contribution in [2.24, 2.45) is 5.92 Å². The van der Waals surface area contributed by atoms with E-state index in [0.29, 0.717) is 6.42 Å². The fourth-order valence-corrected chi connectivity index (χ4v) is 3.82. The summed E-state index contributed by atoms with van der Waals surface area (Å²) in [4.78, 5) is 10.9. The van der Waals surface area contributed by atoms with Crippen LogP contribution in [0.25, 0.3) is 0 Å². The second kappa shape index (κ2) is 12.4. The molecule has 0 aliphatic carbocycles. The summed E-state index contributed by atoms with van der Waals surface area (Å²) in [6.45, 7) is 10.0. The van der Waals surface area contributed by atoms with Gasteiger partial charge in [-0.1, -0.05) is 6.92 Å². The van der Waals surface area contributed by atoms with Crippen molar-refractivity contribution in [1.29, 1.82) is 5.26 Å². The average molecular weight is 399 g/mol. The molecule has 0 saturated carbocycles. The van der Waals surface area contributed by atoms with E-state index in [0.717, 1.165) is 0 Å². The minimum Gasteiger partial charge on any atom is -0.348 e. The largest absolute Gasteiger partial charge is 0.471 e. The van der Waals surface area contributed by atoms with Crippen molar-refractivity contribution in [3.63, 3.8) is 0 Å². The Morgan fingerprint density at radius 1 is 1.23 bits per heavy atom. The summed E-state index contributed by atoms with van der Waals surface area (Å²) >= 11 is 0. The zero-order valence-electron chi connectivity index (χ0n) is 16.0. The maximum absolute atomic E-state index is 12.3. The molecule has 10 heteroatoms. The SMILES string of the molecule is CCC(CNC(=O)C(F)(F)F)COP(OCCC#N)N(C(C)C)C(C)C. The molecule has 0 aromatic rings. The molecule has 1 N–H and O–H groups in total. The lowest BCUT2D eigenvalue weighted by Crippen LogP contribution is -2.40. The molecule has 0 spiro atoms. The number of hydrogen-bond acceptors (Lipinski definition) is 5. The van der Waals surface area contributed by atoms with Crippen LogP contribution in [-0.2, 0) is 13.8 Å². The van der Waals surface area contributed by atoms with Crippen LogP contribution in [0.2, 0.25) is 0 Å². The van der Waals surface area contributed by atoms with Crippen LogP contribution in [0.1, 0.15) is 47.5 Å². The van der Waals surface area contributed by atoms with Crippen molar-refractivity contribution in [1.82, 2.24) is 9.99 Å². The monoisotopic (exact) mass is 399 g/mol. The number of alkyl halides is 3. The van der Waals surface area contributed by atoms with E-state index in [-0.39, 0.29) is 44.2 Å². The first-order chi connectivity index (χ1) is 12.0. The van der Waals surface area contributed by atoms with Gasteiger partial charge in [0.1, 0.15) is 0 Å². The zero-order valence-corrected chi connectivity index (χ0v) is 16.9. The maximum Gasteiger partial charge on any atom is 0.471 e. The molecule has 0 aliphatic heterocycles. The van der Waals surface area contributed by atoms with Gasteiger partial charge in [0.15, 0.2) is 0 Å². The molecular weight excluding hydrogens is 370 g/mol. The minimum absolute atomic E-state index is 0.125. The molecule has 0 heterocycles. The normalized spacial score (nSPS) is 14.5. The Bertz CT molecular complexity index is 448. The minimum atomic E-state index is -4.89. The van der Waals surface area contributed by atoms with Crippen LogP contribution in [-0.4, -0.2) is 48.6 Å². The predicted octanol–water partition coefficient (Wildman–Crippen LogP) is 3.98. The van der Waals surface area contributed by atoms with Crippen LogP contribution < -0.4 is 5.32 Å². The smallest absolute Gasteiger partial charge is 0.348 e. The third-order valence-electron chi connectivity index (χ3n) is 3.47. The van der Waals surface area contributed by atoms with Crippen molar-refractivity contribution < 1.29 is 27.0 Å². The Morgan fingerprint density at radius 2 is 1.81 bits per heavy atom. The Kier molecular flexibility index (Phi) is 12.0. The summed E-state index contributed by atoms with van der Waals surface area (Å²) in [5, 5.41) is 10.6. The van der Waals surface area contributed by atoms with E-state index in [2.05, 4.69) is 0 Å². The number of carbonyl (C=O) groups excluding carboxylic acids is 1. The molecule has 0 rings (SSSR count). The van der Waals surface area contributed by atoms with Gasteiger partial charge in [0.2, 0.25) is 0 Å². The van der Waals surface area contributed by atoms with E-state index in [1.165, 1.54) is 0 Å². The highest BCUT2D eigenvalue weighted by molar-refractivity contribution is 7.44. The van der Waals surface area contributed by atoms with Gasteiger partial charge in [-0.2, -0.15) is 18.4 Å². The fraction of sp³-hybridized carbons (Fsp3) is 0.875. The van der Waals surface area contributed by atoms with Crippen LogP contribution in [0.5, 0.6) is 0 Å². The number of rotatable bonds is 12. The molecule has 0 aliphatic rings. The van der Waals surface area contributed by atoms with E-state index in [1.54, 1.807) is 0 Å². The van der Waals surface area contributed by atoms with E-state index in [1.807, 2.05) is 50.7 Å². The number of carbonyl (C=O) groups is 1. The van der Waals surface area contributed by atoms with Gasteiger partial charge in [-0.3, -0.25) is 4.79 Å². The number of nitrogens with one attached hydrogen (secondary N) is 1. The Balaban J connectivity index is 4.81. The molecular formula is C16H29F3N3O3P. The highest BCUT2D eigenvalue weighted by atomic mass is 31.2. The van der Waals surface area contributed by atoms with E-state index < -0.39 is 20.6 Å². The van der Waals surface area contributed by atoms with Gasteiger partial charge in [-0.05, 0) is 40.0 Å². The number of amides is 1. The van der Waals surface area contributed by atoms with Gasteiger partial charge in [0, 0.05) is 18.6 Å². The van der Waals surface area contributed by atoms with Crippen LogP contribution in [0, 0.1) is 17.2 Å². The topological polar surface area (TPSA) is 74.6 Å². The first kappa shape index (κ1) is 25.1. The van der Waals surface area contributed by atoms with E-state index in [9.17, 15) is 18.0 Å². The quantitative estimate of drug-likeness (QED) is 0.397. The third kappa shape index (κ3) is 9.67. The average Bonchev–Trinajstić information content (AvgIpc) is 2.52. The van der Waals surface area contributed by atoms with Crippen molar-refractivity contribution in [3.8, 4) is 6.07 Å². The number of nitriles is 1. The molecule has 0 saturated heterocycles. The fourth-order valence-electron chi connectivity index (χ4n) is 2.14. The van der Waals surface area contributed by atoms with Gasteiger partial charge < -0.3 is 14.4 Å². The van der Waals surface area contributed by atoms with Crippen LogP contribution in [0.15, 0.2) is 0 Å². The molecule has 2 atom stereocenters. The Morgan fingerprint density at radius 3 is 2.23 bits per heavy atom. The van der Waals surface area contributed by atoms with Gasteiger partial charge in [0.25, 0.3) is 8.53 Å². The number of hydrogen-bond donors (Lipinski definition) is 1. The third-order valence-corrected chi connectivity index (χ3v) is 5.54. The lowest BCUT2D eigenvalue weighted by Gasteiger charge is -2.36. The molecule has 152 valence electrons. The first-order valence-corrected chi connectivity index (χ1v) is 9.73. The van der Waals surface area contributed by atoms with Gasteiger partial charge in [-0.25, -0.2) is 4.67 Å². The van der Waals surface area contributed by atoms with Gasteiger partial charge >= 0.3 is 12.1 Å². The first-order valence-electron chi connectivity index (χ1n) is 8.60. The van der Waals surface area contributed by atoms with Gasteiger partial charge in [-0.15, -0.1) is 0 Å². The summed E-state index contributed by atoms with van der Waals surface area (Å²) in [6.07, 6.45) is -4.12. The molecule has 0 bridgehead atoms. The van der Waals surface area contributed by atoms with Crippen molar-refractivity contribution >= 4 is 14.4 Å². The molecule has 26 heavy (non-hydrogen) atoms. The van der Waals surface area contributed by atoms with Crippen molar-refractivity contribution in [2.75, 3.05) is 19.8 Å². The summed E-state index contributed by atoms with van der Waals surface area (Å²) in [5.41, 5.74) is 0. The standard InChI is InChI=1S/C16H29F3N3O3P/c1-6-14(10-21-15(23)16(17,18)19)11-25-26(24-9-7-8-20)22(12(2)3)13(4)5/h12-14H,6-7,9-11H2,1-5H3,(H,21,23). The van der Waals surface area contributed by atoms with Crippen molar-refractivity contribution in [2.45, 2.75) is 65.7 Å².